The lowest BCUT2D eigenvalue weighted by atomic mass is 9.99. The number of thioether (sulfide) groups is 1. The SMILES string of the molecule is CCN(CC1CCCC1)c1cc2c(cc1C[N+]1(Cc3cc(C(F)(F)F)cc(C(F)(F)F)c3)C(C)=CSC1N)CCC2.Cl. The average molecular weight is 635 g/mol. The summed E-state index contributed by atoms with van der Waals surface area (Å²) in [6.45, 7) is 6.09. The lowest BCUT2D eigenvalue weighted by molar-refractivity contribution is -0.925. The highest BCUT2D eigenvalue weighted by atomic mass is 35.5. The van der Waals surface area contributed by atoms with Crippen molar-refractivity contribution in [2.24, 2.45) is 11.7 Å². The minimum atomic E-state index is -4.90. The molecule has 2 N–H and O–H groups in total. The number of aryl methyl sites for hydroxylation is 2. The Kier molecular flexibility index (Phi) is 9.92. The molecule has 1 fully saturated rings. The lowest BCUT2D eigenvalue weighted by Gasteiger charge is -2.40. The molecule has 5 rings (SSSR count). The monoisotopic (exact) mass is 634 g/mol. The number of allylic oxidation sites excluding steroid dienone is 1. The van der Waals surface area contributed by atoms with E-state index < -0.39 is 29.0 Å². The van der Waals surface area contributed by atoms with Gasteiger partial charge in [-0.25, -0.2) is 0 Å². The maximum absolute atomic E-state index is 13.7. The number of fused-ring (bicyclic) bond motifs is 1. The zero-order chi connectivity index (χ0) is 29.6. The number of alkyl halides is 6. The van der Waals surface area contributed by atoms with Gasteiger partial charge >= 0.3 is 12.4 Å². The summed E-state index contributed by atoms with van der Waals surface area (Å²) in [6.07, 6.45) is -1.85. The zero-order valence-corrected chi connectivity index (χ0v) is 25.6. The molecule has 1 heterocycles. The molecule has 2 aromatic rings. The van der Waals surface area contributed by atoms with Gasteiger partial charge in [-0.05, 0) is 98.2 Å². The lowest BCUT2D eigenvalue weighted by Crippen LogP contribution is -2.53. The standard InChI is InChI=1S/C31H38F6N3S.ClH/c1-3-39(16-21-7-4-5-8-21)28-14-24-10-6-9-23(24)13-25(28)18-40(20(2)19-41-29(40)38)17-22-11-26(30(32,33)34)15-27(12-22)31(35,36)37;/h11-15,19,21,29H,3-10,16-18,38H2,1-2H3;1H/q+1;. The van der Waals surface area contributed by atoms with Gasteiger partial charge in [0.25, 0.3) is 0 Å². The van der Waals surface area contributed by atoms with Gasteiger partial charge in [0, 0.05) is 42.2 Å². The molecule has 3 nitrogen and oxygen atoms in total. The summed E-state index contributed by atoms with van der Waals surface area (Å²) in [5.41, 5.74) is 9.11. The van der Waals surface area contributed by atoms with E-state index in [-0.39, 0.29) is 35.1 Å². The van der Waals surface area contributed by atoms with Gasteiger partial charge in [0.2, 0.25) is 0 Å². The van der Waals surface area contributed by atoms with Gasteiger partial charge in [0.1, 0.15) is 18.8 Å². The minimum absolute atomic E-state index is 0. The van der Waals surface area contributed by atoms with Gasteiger partial charge in [0.15, 0.2) is 5.50 Å². The second kappa shape index (κ2) is 12.6. The molecule has 0 saturated heterocycles. The van der Waals surface area contributed by atoms with Crippen LogP contribution in [-0.4, -0.2) is 23.1 Å². The third-order valence-corrected chi connectivity index (χ3v) is 10.3. The van der Waals surface area contributed by atoms with Crippen LogP contribution in [0.1, 0.15) is 79.3 Å². The molecule has 2 atom stereocenters. The van der Waals surface area contributed by atoms with Gasteiger partial charge in [-0.2, -0.15) is 26.3 Å². The first-order valence-electron chi connectivity index (χ1n) is 14.4. The van der Waals surface area contributed by atoms with Crippen molar-refractivity contribution >= 4 is 29.9 Å². The highest BCUT2D eigenvalue weighted by Crippen LogP contribution is 2.44. The van der Waals surface area contributed by atoms with E-state index in [1.165, 1.54) is 48.6 Å². The Hall–Kier alpha value is -1.88. The summed E-state index contributed by atoms with van der Waals surface area (Å²) in [5, 5.41) is 1.89. The molecule has 2 aromatic carbocycles. The highest BCUT2D eigenvalue weighted by Gasteiger charge is 2.44. The van der Waals surface area contributed by atoms with E-state index in [9.17, 15) is 26.3 Å². The van der Waals surface area contributed by atoms with Crippen LogP contribution >= 0.6 is 24.2 Å². The highest BCUT2D eigenvalue weighted by molar-refractivity contribution is 8.02. The Labute approximate surface area is 254 Å². The van der Waals surface area contributed by atoms with Crippen LogP contribution in [0.2, 0.25) is 0 Å². The molecular formula is C31H39ClF6N3S+. The number of rotatable bonds is 8. The first kappa shape index (κ1) is 33.0. The molecule has 3 aliphatic rings. The van der Waals surface area contributed by atoms with Crippen LogP contribution in [0.3, 0.4) is 0 Å². The molecule has 1 aliphatic heterocycles. The second-order valence-corrected chi connectivity index (χ2v) is 12.8. The number of benzene rings is 2. The Morgan fingerprint density at radius 2 is 1.48 bits per heavy atom. The molecule has 232 valence electrons. The molecule has 1 saturated carbocycles. The zero-order valence-electron chi connectivity index (χ0n) is 24.0. The van der Waals surface area contributed by atoms with E-state index in [4.69, 9.17) is 5.73 Å². The van der Waals surface area contributed by atoms with E-state index in [1.807, 2.05) is 12.3 Å². The smallest absolute Gasteiger partial charge is 0.371 e. The number of nitrogens with two attached hydrogens (primary N) is 1. The molecule has 2 unspecified atom stereocenters. The summed E-state index contributed by atoms with van der Waals surface area (Å²) in [5.74, 6) is 0.622. The third kappa shape index (κ3) is 6.76. The van der Waals surface area contributed by atoms with Crippen LogP contribution in [0, 0.1) is 5.92 Å². The Morgan fingerprint density at radius 3 is 2.00 bits per heavy atom. The fourth-order valence-electron chi connectivity index (χ4n) is 6.80. The van der Waals surface area contributed by atoms with Crippen molar-refractivity contribution in [2.75, 3.05) is 18.0 Å². The first-order chi connectivity index (χ1) is 19.3. The van der Waals surface area contributed by atoms with Gasteiger partial charge in [-0.3, -0.25) is 10.2 Å². The van der Waals surface area contributed by atoms with Crippen molar-refractivity contribution in [1.82, 2.24) is 0 Å². The van der Waals surface area contributed by atoms with Gasteiger partial charge in [0.05, 0.1) is 11.1 Å². The van der Waals surface area contributed by atoms with Crippen LogP contribution in [0.4, 0.5) is 32.0 Å². The fourth-order valence-corrected chi connectivity index (χ4v) is 7.90. The summed E-state index contributed by atoms with van der Waals surface area (Å²) >= 11 is 1.37. The van der Waals surface area contributed by atoms with Crippen molar-refractivity contribution in [1.29, 1.82) is 0 Å². The molecule has 0 spiro atoms. The van der Waals surface area contributed by atoms with Crippen molar-refractivity contribution in [3.05, 3.63) is 74.8 Å². The number of anilines is 1. The molecule has 0 radical (unpaired) electrons. The van der Waals surface area contributed by atoms with Crippen LogP contribution < -0.4 is 10.6 Å². The van der Waals surface area contributed by atoms with Crippen molar-refractivity contribution in [3.63, 3.8) is 0 Å². The number of nitrogens with zero attached hydrogens (tertiary/aromatic N) is 2. The molecule has 0 amide bonds. The number of halogens is 7. The molecule has 0 bridgehead atoms. The van der Waals surface area contributed by atoms with Gasteiger partial charge in [-0.1, -0.05) is 12.8 Å². The minimum Gasteiger partial charge on any atom is -0.371 e. The van der Waals surface area contributed by atoms with Crippen molar-refractivity contribution in [2.45, 2.75) is 89.7 Å². The predicted molar refractivity (Wildman–Crippen MR) is 159 cm³/mol. The maximum atomic E-state index is 13.7. The van der Waals surface area contributed by atoms with E-state index in [2.05, 4.69) is 24.0 Å². The molecule has 42 heavy (non-hydrogen) atoms. The van der Waals surface area contributed by atoms with Gasteiger partial charge < -0.3 is 4.90 Å². The molecule has 11 heteroatoms. The van der Waals surface area contributed by atoms with Crippen LogP contribution in [0.25, 0.3) is 0 Å². The Balaban J connectivity index is 0.00000405. The number of hydrogen-bond acceptors (Lipinski definition) is 3. The average Bonchev–Trinajstić information content (AvgIpc) is 3.64. The van der Waals surface area contributed by atoms with E-state index in [0.29, 0.717) is 12.5 Å². The van der Waals surface area contributed by atoms with Crippen molar-refractivity contribution < 1.29 is 30.8 Å². The van der Waals surface area contributed by atoms with Crippen LogP contribution in [0.5, 0.6) is 0 Å². The quantitative estimate of drug-likeness (QED) is 0.232. The van der Waals surface area contributed by atoms with Crippen molar-refractivity contribution in [3.8, 4) is 0 Å². The van der Waals surface area contributed by atoms with E-state index >= 15 is 0 Å². The summed E-state index contributed by atoms with van der Waals surface area (Å²) in [4.78, 5) is 2.42. The topological polar surface area (TPSA) is 29.3 Å². The maximum Gasteiger partial charge on any atom is 0.416 e. The first-order valence-corrected chi connectivity index (χ1v) is 15.4. The Bertz CT molecular complexity index is 1270. The number of quaternary nitrogens is 1. The van der Waals surface area contributed by atoms with Gasteiger partial charge in [-0.15, -0.1) is 12.4 Å². The van der Waals surface area contributed by atoms with E-state index in [0.717, 1.165) is 61.4 Å². The largest absolute Gasteiger partial charge is 0.416 e. The van der Waals surface area contributed by atoms with Crippen LogP contribution in [0.15, 0.2) is 41.4 Å². The second-order valence-electron chi connectivity index (χ2n) is 11.8. The summed E-state index contributed by atoms with van der Waals surface area (Å²) in [6, 6.07) is 6.40. The normalized spacial score (nSPS) is 22.7. The van der Waals surface area contributed by atoms with Crippen LogP contribution in [-0.2, 0) is 38.3 Å². The molecule has 0 aromatic heterocycles. The summed E-state index contributed by atoms with van der Waals surface area (Å²) < 4.78 is 82.3. The number of hydrogen-bond donors (Lipinski definition) is 1. The molecule has 2 aliphatic carbocycles. The third-order valence-electron chi connectivity index (χ3n) is 9.10. The molecular weight excluding hydrogens is 596 g/mol. The summed E-state index contributed by atoms with van der Waals surface area (Å²) in [7, 11) is 0. The fraction of sp³-hybridized carbons (Fsp3) is 0.548. The van der Waals surface area contributed by atoms with E-state index in [1.54, 1.807) is 0 Å². The Morgan fingerprint density at radius 1 is 0.881 bits per heavy atom. The predicted octanol–water partition coefficient (Wildman–Crippen LogP) is 9.02.